The van der Waals surface area contributed by atoms with Crippen molar-refractivity contribution in [2.45, 2.75) is 32.0 Å². The highest BCUT2D eigenvalue weighted by atomic mass is 16.5. The number of methoxy groups -OCH3 is 1. The molecule has 0 spiro atoms. The minimum absolute atomic E-state index is 0.0444. The number of carbonyl (C=O) groups excluding carboxylic acids is 1. The van der Waals surface area contributed by atoms with Crippen LogP contribution in [0.5, 0.6) is 5.75 Å². The third kappa shape index (κ3) is 2.61. The second-order valence-electron chi connectivity index (χ2n) is 4.47. The molecule has 98 valence electrons. The largest absolute Gasteiger partial charge is 0.495 e. The van der Waals surface area contributed by atoms with Crippen molar-refractivity contribution < 1.29 is 14.3 Å². The molecule has 0 N–H and O–H groups in total. The molecule has 1 fully saturated rings. The summed E-state index contributed by atoms with van der Waals surface area (Å²) in [7, 11) is 3.29. The number of carbonyl (C=O) groups is 1. The average molecular weight is 250 g/mol. The van der Waals surface area contributed by atoms with Crippen molar-refractivity contribution in [1.29, 1.82) is 0 Å². The van der Waals surface area contributed by atoms with Crippen LogP contribution in [-0.4, -0.2) is 37.3 Å². The van der Waals surface area contributed by atoms with Crippen molar-refractivity contribution >= 4 is 11.7 Å². The summed E-state index contributed by atoms with van der Waals surface area (Å²) >= 11 is 0. The molecular weight excluding hydrogens is 232 g/mol. The second-order valence-corrected chi connectivity index (χ2v) is 4.47. The first kappa shape index (κ1) is 12.8. The molecule has 0 bridgehead atoms. The Balaban J connectivity index is 2.05. The molecule has 2 heterocycles. The zero-order valence-electron chi connectivity index (χ0n) is 10.9. The minimum Gasteiger partial charge on any atom is -0.495 e. The van der Waals surface area contributed by atoms with E-state index in [4.69, 9.17) is 9.47 Å². The van der Waals surface area contributed by atoms with Crippen LogP contribution < -0.4 is 9.64 Å². The van der Waals surface area contributed by atoms with Gasteiger partial charge in [0.15, 0.2) is 0 Å². The van der Waals surface area contributed by atoms with Gasteiger partial charge in [-0.3, -0.25) is 9.69 Å². The fraction of sp³-hybridized carbons (Fsp3) is 0.538. The number of ether oxygens (including phenoxy) is 2. The molecule has 5 heteroatoms. The lowest BCUT2D eigenvalue weighted by Crippen LogP contribution is -2.36. The van der Waals surface area contributed by atoms with Gasteiger partial charge in [0.05, 0.1) is 19.4 Å². The minimum atomic E-state index is -0.339. The maximum absolute atomic E-state index is 12.2. The number of pyridine rings is 1. The van der Waals surface area contributed by atoms with Crippen molar-refractivity contribution in [2.75, 3.05) is 19.1 Å². The summed E-state index contributed by atoms with van der Waals surface area (Å²) in [5, 5.41) is 0. The van der Waals surface area contributed by atoms with Gasteiger partial charge in [-0.1, -0.05) is 0 Å². The fourth-order valence-corrected chi connectivity index (χ4v) is 2.00. The first-order valence-corrected chi connectivity index (χ1v) is 6.05. The molecule has 2 rings (SSSR count). The van der Waals surface area contributed by atoms with Crippen LogP contribution in [0, 0.1) is 0 Å². The van der Waals surface area contributed by atoms with Gasteiger partial charge < -0.3 is 9.47 Å². The van der Waals surface area contributed by atoms with E-state index in [0.29, 0.717) is 11.6 Å². The lowest BCUT2D eigenvalue weighted by molar-refractivity contribution is -0.128. The Morgan fingerprint density at radius 1 is 1.50 bits per heavy atom. The van der Waals surface area contributed by atoms with Crippen LogP contribution >= 0.6 is 0 Å². The van der Waals surface area contributed by atoms with Gasteiger partial charge in [-0.25, -0.2) is 4.98 Å². The molecule has 1 aromatic heterocycles. The molecule has 0 aromatic carbocycles. The van der Waals surface area contributed by atoms with Crippen LogP contribution in [0.25, 0.3) is 0 Å². The summed E-state index contributed by atoms with van der Waals surface area (Å²) in [6, 6.07) is 3.54. The molecule has 0 aliphatic carbocycles. The van der Waals surface area contributed by atoms with Crippen molar-refractivity contribution in [3.8, 4) is 5.75 Å². The Bertz CT molecular complexity index is 419. The summed E-state index contributed by atoms with van der Waals surface area (Å²) in [4.78, 5) is 17.9. The maximum Gasteiger partial charge on any atom is 0.257 e. The molecule has 2 atom stereocenters. The van der Waals surface area contributed by atoms with Crippen LogP contribution in [0.3, 0.4) is 0 Å². The van der Waals surface area contributed by atoms with Gasteiger partial charge in [0, 0.05) is 7.05 Å². The third-order valence-electron chi connectivity index (χ3n) is 3.14. The Morgan fingerprint density at radius 2 is 2.28 bits per heavy atom. The van der Waals surface area contributed by atoms with E-state index in [0.717, 1.165) is 12.8 Å². The molecule has 1 amide bonds. The first-order chi connectivity index (χ1) is 8.61. The summed E-state index contributed by atoms with van der Waals surface area (Å²) < 4.78 is 10.6. The molecule has 1 saturated heterocycles. The van der Waals surface area contributed by atoms with Crippen molar-refractivity contribution in [3.63, 3.8) is 0 Å². The summed E-state index contributed by atoms with van der Waals surface area (Å²) in [5.41, 5.74) is 0. The summed E-state index contributed by atoms with van der Waals surface area (Å²) in [5.74, 6) is 1.23. The van der Waals surface area contributed by atoms with Gasteiger partial charge in [0.2, 0.25) is 0 Å². The predicted octanol–water partition coefficient (Wildman–Crippen LogP) is 1.62. The van der Waals surface area contributed by atoms with Gasteiger partial charge in [-0.2, -0.15) is 0 Å². The van der Waals surface area contributed by atoms with Gasteiger partial charge in [-0.15, -0.1) is 0 Å². The SMILES string of the molecule is COc1ccc(N(C)C(=O)[C@@H]2CC[C@H](C)O2)nc1. The number of rotatable bonds is 3. The van der Waals surface area contributed by atoms with E-state index >= 15 is 0 Å². The predicted molar refractivity (Wildman–Crippen MR) is 67.8 cm³/mol. The smallest absolute Gasteiger partial charge is 0.257 e. The highest BCUT2D eigenvalue weighted by molar-refractivity contribution is 5.95. The van der Waals surface area contributed by atoms with E-state index in [9.17, 15) is 4.79 Å². The maximum atomic E-state index is 12.2. The number of hydrogen-bond acceptors (Lipinski definition) is 4. The number of nitrogens with zero attached hydrogens (tertiary/aromatic N) is 2. The monoisotopic (exact) mass is 250 g/mol. The Labute approximate surface area is 107 Å². The topological polar surface area (TPSA) is 51.7 Å². The van der Waals surface area contributed by atoms with Gasteiger partial charge in [0.25, 0.3) is 5.91 Å². The lowest BCUT2D eigenvalue weighted by Gasteiger charge is -2.20. The standard InChI is InChI=1S/C13H18N2O3/c1-9-4-6-11(18-9)13(16)15(2)12-7-5-10(17-3)8-14-12/h5,7-9,11H,4,6H2,1-3H3/t9-,11-/m0/s1. The number of likely N-dealkylation sites (N-methyl/N-ethyl adjacent to an activating group) is 1. The highest BCUT2D eigenvalue weighted by Crippen LogP contribution is 2.22. The lowest BCUT2D eigenvalue weighted by atomic mass is 10.2. The summed E-state index contributed by atoms with van der Waals surface area (Å²) in [6.45, 7) is 1.99. The highest BCUT2D eigenvalue weighted by Gasteiger charge is 2.31. The van der Waals surface area contributed by atoms with E-state index in [-0.39, 0.29) is 18.1 Å². The molecule has 1 aliphatic heterocycles. The summed E-state index contributed by atoms with van der Waals surface area (Å²) in [6.07, 6.45) is 3.13. The van der Waals surface area contributed by atoms with Gasteiger partial charge in [-0.05, 0) is 31.9 Å². The first-order valence-electron chi connectivity index (χ1n) is 6.05. The Hall–Kier alpha value is -1.62. The Kier molecular flexibility index (Phi) is 3.81. The molecule has 5 nitrogen and oxygen atoms in total. The molecule has 0 unspecified atom stereocenters. The van der Waals surface area contributed by atoms with E-state index in [1.165, 1.54) is 4.90 Å². The van der Waals surface area contributed by atoms with Gasteiger partial charge >= 0.3 is 0 Å². The van der Waals surface area contributed by atoms with Crippen LogP contribution in [0.15, 0.2) is 18.3 Å². The average Bonchev–Trinajstić information content (AvgIpc) is 2.84. The number of amides is 1. The normalized spacial score (nSPS) is 22.8. The number of anilines is 1. The number of aromatic nitrogens is 1. The number of hydrogen-bond donors (Lipinski definition) is 0. The van der Waals surface area contributed by atoms with Crippen LogP contribution in [-0.2, 0) is 9.53 Å². The zero-order valence-corrected chi connectivity index (χ0v) is 10.9. The Morgan fingerprint density at radius 3 is 2.78 bits per heavy atom. The van der Waals surface area contributed by atoms with Gasteiger partial charge in [0.1, 0.15) is 17.7 Å². The third-order valence-corrected chi connectivity index (χ3v) is 3.14. The van der Waals surface area contributed by atoms with Crippen LogP contribution in [0.2, 0.25) is 0 Å². The quantitative estimate of drug-likeness (QED) is 0.818. The molecule has 18 heavy (non-hydrogen) atoms. The van der Waals surface area contributed by atoms with Crippen LogP contribution in [0.1, 0.15) is 19.8 Å². The van der Waals surface area contributed by atoms with E-state index < -0.39 is 0 Å². The second kappa shape index (κ2) is 5.35. The van der Waals surface area contributed by atoms with E-state index in [1.807, 2.05) is 6.92 Å². The van der Waals surface area contributed by atoms with E-state index in [1.54, 1.807) is 32.5 Å². The van der Waals surface area contributed by atoms with Crippen molar-refractivity contribution in [3.05, 3.63) is 18.3 Å². The van der Waals surface area contributed by atoms with Crippen molar-refractivity contribution in [2.24, 2.45) is 0 Å². The molecular formula is C13H18N2O3. The molecule has 1 aromatic rings. The van der Waals surface area contributed by atoms with Crippen LogP contribution in [0.4, 0.5) is 5.82 Å². The van der Waals surface area contributed by atoms with E-state index in [2.05, 4.69) is 4.98 Å². The fourth-order valence-electron chi connectivity index (χ4n) is 2.00. The molecule has 1 aliphatic rings. The zero-order chi connectivity index (χ0) is 13.1. The molecule has 0 radical (unpaired) electrons. The van der Waals surface area contributed by atoms with Crippen molar-refractivity contribution in [1.82, 2.24) is 4.98 Å². The molecule has 0 saturated carbocycles.